The molecule has 176 valence electrons. The van der Waals surface area contributed by atoms with Crippen LogP contribution in [0.5, 0.6) is 0 Å². The number of hydrogen-bond acceptors (Lipinski definition) is 4. The molecule has 1 saturated heterocycles. The summed E-state index contributed by atoms with van der Waals surface area (Å²) in [7, 11) is 0. The molecule has 3 aromatic rings. The third-order valence-electron chi connectivity index (χ3n) is 6.19. The van der Waals surface area contributed by atoms with Crippen LogP contribution in [0.3, 0.4) is 0 Å². The van der Waals surface area contributed by atoms with Crippen molar-refractivity contribution < 1.29 is 19.0 Å². The number of rotatable bonds is 4. The minimum Gasteiger partial charge on any atom is -0.394 e. The van der Waals surface area contributed by atoms with Gasteiger partial charge in [0.05, 0.1) is 42.3 Å². The fourth-order valence-corrected chi connectivity index (χ4v) is 5.04. The van der Waals surface area contributed by atoms with E-state index < -0.39 is 0 Å². The molecule has 0 saturated carbocycles. The monoisotopic (exact) mass is 501 g/mol. The highest BCUT2D eigenvalue weighted by molar-refractivity contribution is 6.35. The van der Waals surface area contributed by atoms with Gasteiger partial charge in [-0.15, -0.1) is 0 Å². The normalized spacial score (nSPS) is 19.0. The van der Waals surface area contributed by atoms with Crippen LogP contribution in [0.1, 0.15) is 40.2 Å². The van der Waals surface area contributed by atoms with Gasteiger partial charge in [-0.2, -0.15) is 5.10 Å². The molecule has 0 bridgehead atoms. The number of ether oxygens (including phenoxy) is 1. The number of aliphatic hydroxyl groups excluding tert-OH is 1. The molecule has 9 heteroatoms. The van der Waals surface area contributed by atoms with Crippen LogP contribution in [0, 0.1) is 5.82 Å². The molecule has 1 fully saturated rings. The standard InChI is InChI=1S/C25H22Cl2FN3O3/c26-17-5-8-22(21(27)11-17)31-24-16(10-15-3-6-18(28)7-4-15)13-34-14-20(24)23(29-31)25(33)30-9-1-2-19(30)12-32/h3-8,10-11,19,32H,1-2,9,12-14H2/t19-/m1/s1. The molecule has 1 aromatic heterocycles. The Balaban J connectivity index is 1.68. The summed E-state index contributed by atoms with van der Waals surface area (Å²) in [4.78, 5) is 15.2. The van der Waals surface area contributed by atoms with Gasteiger partial charge >= 0.3 is 0 Å². The van der Waals surface area contributed by atoms with E-state index in [1.165, 1.54) is 12.1 Å². The molecule has 2 aromatic carbocycles. The number of amides is 1. The van der Waals surface area contributed by atoms with E-state index in [9.17, 15) is 14.3 Å². The van der Waals surface area contributed by atoms with Gasteiger partial charge in [-0.1, -0.05) is 35.3 Å². The third-order valence-corrected chi connectivity index (χ3v) is 6.73. The van der Waals surface area contributed by atoms with Crippen molar-refractivity contribution in [2.24, 2.45) is 0 Å². The lowest BCUT2D eigenvalue weighted by molar-refractivity contribution is 0.0665. The smallest absolute Gasteiger partial charge is 0.275 e. The Kier molecular flexibility index (Phi) is 6.44. The highest BCUT2D eigenvalue weighted by atomic mass is 35.5. The molecular weight excluding hydrogens is 480 g/mol. The topological polar surface area (TPSA) is 67.6 Å². The molecule has 2 aliphatic heterocycles. The van der Waals surface area contributed by atoms with Crippen LogP contribution in [-0.2, 0) is 11.3 Å². The van der Waals surface area contributed by atoms with Gasteiger partial charge < -0.3 is 14.7 Å². The summed E-state index contributed by atoms with van der Waals surface area (Å²) >= 11 is 12.6. The SMILES string of the molecule is O=C(c1nn(-c2ccc(Cl)cc2Cl)c2c1COCC2=Cc1ccc(F)cc1)N1CCC[C@@H]1CO. The van der Waals surface area contributed by atoms with E-state index in [1.54, 1.807) is 39.9 Å². The van der Waals surface area contributed by atoms with Crippen LogP contribution in [0.25, 0.3) is 17.3 Å². The third kappa shape index (κ3) is 4.25. The van der Waals surface area contributed by atoms with E-state index in [-0.39, 0.29) is 43.3 Å². The zero-order valence-corrected chi connectivity index (χ0v) is 19.7. The second-order valence-corrected chi connectivity index (χ2v) is 9.22. The van der Waals surface area contributed by atoms with Gasteiger partial charge in [0.25, 0.3) is 5.91 Å². The second-order valence-electron chi connectivity index (χ2n) is 8.37. The second kappa shape index (κ2) is 9.50. The molecule has 1 atom stereocenters. The van der Waals surface area contributed by atoms with Crippen molar-refractivity contribution in [1.82, 2.24) is 14.7 Å². The van der Waals surface area contributed by atoms with Crippen LogP contribution in [0.4, 0.5) is 4.39 Å². The number of fused-ring (bicyclic) bond motifs is 1. The van der Waals surface area contributed by atoms with Crippen molar-refractivity contribution in [1.29, 1.82) is 0 Å². The summed E-state index contributed by atoms with van der Waals surface area (Å²) in [5.74, 6) is -0.569. The zero-order chi connectivity index (χ0) is 23.8. The molecule has 6 nitrogen and oxygen atoms in total. The van der Waals surface area contributed by atoms with E-state index in [2.05, 4.69) is 0 Å². The first-order valence-corrected chi connectivity index (χ1v) is 11.7. The largest absolute Gasteiger partial charge is 0.394 e. The summed E-state index contributed by atoms with van der Waals surface area (Å²) in [6.45, 7) is 0.967. The van der Waals surface area contributed by atoms with E-state index in [1.807, 2.05) is 6.08 Å². The van der Waals surface area contributed by atoms with Gasteiger partial charge in [-0.05, 0) is 54.8 Å². The van der Waals surface area contributed by atoms with Gasteiger partial charge in [-0.25, -0.2) is 9.07 Å². The Morgan fingerprint density at radius 1 is 1.21 bits per heavy atom. The van der Waals surface area contributed by atoms with Crippen LogP contribution in [0.2, 0.25) is 10.0 Å². The summed E-state index contributed by atoms with van der Waals surface area (Å²) in [5, 5.41) is 15.3. The summed E-state index contributed by atoms with van der Waals surface area (Å²) in [5.41, 5.74) is 3.78. The number of likely N-dealkylation sites (tertiary alicyclic amines) is 1. The van der Waals surface area contributed by atoms with E-state index in [0.29, 0.717) is 33.5 Å². The number of nitrogens with zero attached hydrogens (tertiary/aromatic N) is 3. The fraction of sp³-hybridized carbons (Fsp3) is 0.280. The van der Waals surface area contributed by atoms with Crippen molar-refractivity contribution in [3.05, 3.63) is 80.8 Å². The number of aliphatic hydroxyl groups is 1. The summed E-state index contributed by atoms with van der Waals surface area (Å²) in [6, 6.07) is 11.0. The van der Waals surface area contributed by atoms with E-state index in [4.69, 9.17) is 33.0 Å². The van der Waals surface area contributed by atoms with E-state index >= 15 is 0 Å². The molecule has 0 unspecified atom stereocenters. The van der Waals surface area contributed by atoms with Crippen LogP contribution >= 0.6 is 23.2 Å². The van der Waals surface area contributed by atoms with Crippen LogP contribution in [0.15, 0.2) is 42.5 Å². The maximum absolute atomic E-state index is 13.5. The maximum Gasteiger partial charge on any atom is 0.275 e. The number of carbonyl (C=O) groups excluding carboxylic acids is 1. The van der Waals surface area contributed by atoms with Crippen molar-refractivity contribution in [2.45, 2.75) is 25.5 Å². The van der Waals surface area contributed by atoms with Gasteiger partial charge in [-0.3, -0.25) is 4.79 Å². The first-order chi connectivity index (χ1) is 16.5. The lowest BCUT2D eigenvalue weighted by Crippen LogP contribution is -2.38. The lowest BCUT2D eigenvalue weighted by Gasteiger charge is -2.23. The predicted molar refractivity (Wildman–Crippen MR) is 129 cm³/mol. The molecule has 3 heterocycles. The summed E-state index contributed by atoms with van der Waals surface area (Å²) < 4.78 is 20.9. The minimum absolute atomic E-state index is 0.0934. The molecule has 5 rings (SSSR count). The fourth-order valence-electron chi connectivity index (χ4n) is 4.55. The number of benzene rings is 2. The van der Waals surface area contributed by atoms with Crippen molar-refractivity contribution in [3.63, 3.8) is 0 Å². The Labute approximate surface area is 206 Å². The van der Waals surface area contributed by atoms with Gasteiger partial charge in [0.1, 0.15) is 5.82 Å². The van der Waals surface area contributed by atoms with Crippen LogP contribution in [-0.4, -0.2) is 51.5 Å². The number of aromatic nitrogens is 2. The molecule has 0 spiro atoms. The maximum atomic E-state index is 13.5. The summed E-state index contributed by atoms with van der Waals surface area (Å²) in [6.07, 6.45) is 3.47. The Morgan fingerprint density at radius 3 is 2.74 bits per heavy atom. The average molecular weight is 502 g/mol. The van der Waals surface area contributed by atoms with Gasteiger partial charge in [0, 0.05) is 22.7 Å². The zero-order valence-electron chi connectivity index (χ0n) is 18.2. The molecule has 34 heavy (non-hydrogen) atoms. The van der Waals surface area contributed by atoms with Crippen molar-refractivity contribution in [2.75, 3.05) is 19.8 Å². The first kappa shape index (κ1) is 23.1. The Hall–Kier alpha value is -2.71. The average Bonchev–Trinajstić information content (AvgIpc) is 3.46. The molecule has 0 aliphatic carbocycles. The Morgan fingerprint density at radius 2 is 2.00 bits per heavy atom. The molecule has 2 aliphatic rings. The molecule has 0 radical (unpaired) electrons. The molecular formula is C25H22Cl2FN3O3. The first-order valence-electron chi connectivity index (χ1n) is 11.0. The minimum atomic E-state index is -0.322. The molecule has 1 N–H and O–H groups in total. The number of halogens is 3. The van der Waals surface area contributed by atoms with Gasteiger partial charge in [0.15, 0.2) is 5.69 Å². The van der Waals surface area contributed by atoms with Crippen molar-refractivity contribution >= 4 is 40.8 Å². The highest BCUT2D eigenvalue weighted by Gasteiger charge is 2.35. The van der Waals surface area contributed by atoms with E-state index in [0.717, 1.165) is 24.0 Å². The molecule has 1 amide bonds. The number of hydrogen-bond donors (Lipinski definition) is 1. The van der Waals surface area contributed by atoms with Crippen molar-refractivity contribution in [3.8, 4) is 5.69 Å². The highest BCUT2D eigenvalue weighted by Crippen LogP contribution is 2.35. The lowest BCUT2D eigenvalue weighted by atomic mass is 10.0. The Bertz CT molecular complexity index is 1270. The predicted octanol–water partition coefficient (Wildman–Crippen LogP) is 4.99. The number of carbonyl (C=O) groups is 1. The quantitative estimate of drug-likeness (QED) is 0.546. The van der Waals surface area contributed by atoms with Gasteiger partial charge in [0.2, 0.25) is 0 Å². The van der Waals surface area contributed by atoms with Crippen LogP contribution < -0.4 is 0 Å².